The summed E-state index contributed by atoms with van der Waals surface area (Å²) in [6.45, 7) is -0.119. The highest BCUT2D eigenvalue weighted by Crippen LogP contribution is 2.45. The van der Waals surface area contributed by atoms with Gasteiger partial charge in [0.1, 0.15) is 23.8 Å². The first-order valence-corrected chi connectivity index (χ1v) is 11.6. The molecule has 3 aromatic rings. The second kappa shape index (κ2) is 10.5. The molecule has 0 radical (unpaired) electrons. The molecule has 0 saturated carbocycles. The largest absolute Gasteiger partial charge is 0.497 e. The smallest absolute Gasteiger partial charge is 0.244 e. The van der Waals surface area contributed by atoms with Gasteiger partial charge in [0.2, 0.25) is 11.8 Å². The predicted octanol–water partition coefficient (Wildman–Crippen LogP) is 4.92. The molecule has 0 saturated heterocycles. The van der Waals surface area contributed by atoms with Crippen molar-refractivity contribution in [2.75, 3.05) is 38.1 Å². The molecule has 0 fully saturated rings. The highest BCUT2D eigenvalue weighted by molar-refractivity contribution is 7.99. The minimum Gasteiger partial charge on any atom is -0.497 e. The number of amides is 2. The summed E-state index contributed by atoms with van der Waals surface area (Å²) >= 11 is 1.62. The molecule has 7 nitrogen and oxygen atoms in total. The molecule has 34 heavy (non-hydrogen) atoms. The summed E-state index contributed by atoms with van der Waals surface area (Å²) in [5.41, 5.74) is 2.23. The van der Waals surface area contributed by atoms with Gasteiger partial charge in [-0.15, -0.1) is 11.8 Å². The van der Waals surface area contributed by atoms with Crippen molar-refractivity contribution in [1.82, 2.24) is 0 Å². The second-order valence-corrected chi connectivity index (χ2v) is 8.89. The van der Waals surface area contributed by atoms with Crippen molar-refractivity contribution in [3.05, 3.63) is 72.3 Å². The van der Waals surface area contributed by atoms with E-state index in [1.165, 1.54) is 7.11 Å². The Balaban J connectivity index is 1.57. The van der Waals surface area contributed by atoms with Crippen LogP contribution in [0.4, 0.5) is 11.4 Å². The molecule has 1 unspecified atom stereocenters. The molecule has 0 bridgehead atoms. The number of nitrogens with zero attached hydrogens (tertiary/aromatic N) is 1. The lowest BCUT2D eigenvalue weighted by Gasteiger charge is -2.22. The van der Waals surface area contributed by atoms with Gasteiger partial charge in [0.25, 0.3) is 0 Å². The van der Waals surface area contributed by atoms with Crippen molar-refractivity contribution in [2.45, 2.75) is 16.6 Å². The third kappa shape index (κ3) is 5.12. The molecule has 1 N–H and O–H groups in total. The lowest BCUT2D eigenvalue weighted by atomic mass is 10.1. The highest BCUT2D eigenvalue weighted by atomic mass is 32.2. The number of nitrogens with one attached hydrogen (secondary N) is 1. The minimum atomic E-state index is -0.331. The Morgan fingerprint density at radius 1 is 0.971 bits per heavy atom. The first kappa shape index (κ1) is 23.5. The molecule has 1 atom stereocenters. The number of carbonyl (C=O) groups excluding carboxylic acids is 2. The van der Waals surface area contributed by atoms with E-state index in [-0.39, 0.29) is 30.0 Å². The first-order valence-electron chi connectivity index (χ1n) is 10.7. The van der Waals surface area contributed by atoms with Gasteiger partial charge in [-0.1, -0.05) is 24.3 Å². The molecule has 1 heterocycles. The van der Waals surface area contributed by atoms with Gasteiger partial charge in [-0.25, -0.2) is 0 Å². The van der Waals surface area contributed by atoms with Crippen LogP contribution in [0.1, 0.15) is 17.2 Å². The molecule has 1 aliphatic rings. The van der Waals surface area contributed by atoms with E-state index in [2.05, 4.69) is 5.32 Å². The molecule has 4 rings (SSSR count). The topological polar surface area (TPSA) is 77.1 Å². The van der Waals surface area contributed by atoms with E-state index in [9.17, 15) is 9.59 Å². The van der Waals surface area contributed by atoms with Crippen LogP contribution in [-0.4, -0.2) is 39.7 Å². The van der Waals surface area contributed by atoms with E-state index in [1.807, 2.05) is 48.5 Å². The fourth-order valence-corrected chi connectivity index (χ4v) is 5.08. The summed E-state index contributed by atoms with van der Waals surface area (Å²) in [5, 5.41) is 2.77. The summed E-state index contributed by atoms with van der Waals surface area (Å²) in [6, 6.07) is 20.5. The first-order chi connectivity index (χ1) is 16.5. The zero-order chi connectivity index (χ0) is 24.1. The van der Waals surface area contributed by atoms with Crippen molar-refractivity contribution in [3.63, 3.8) is 0 Å². The van der Waals surface area contributed by atoms with Gasteiger partial charge in [0.05, 0.1) is 32.7 Å². The lowest BCUT2D eigenvalue weighted by molar-refractivity contribution is -0.121. The van der Waals surface area contributed by atoms with Gasteiger partial charge in [0.15, 0.2) is 0 Å². The normalized spacial score (nSPS) is 15.2. The third-order valence-electron chi connectivity index (χ3n) is 5.56. The number of rotatable bonds is 7. The van der Waals surface area contributed by atoms with Crippen LogP contribution in [0.5, 0.6) is 17.2 Å². The summed E-state index contributed by atoms with van der Waals surface area (Å²) in [4.78, 5) is 28.9. The lowest BCUT2D eigenvalue weighted by Crippen LogP contribution is -2.38. The van der Waals surface area contributed by atoms with E-state index in [4.69, 9.17) is 14.2 Å². The van der Waals surface area contributed by atoms with E-state index in [0.717, 1.165) is 21.9 Å². The van der Waals surface area contributed by atoms with Crippen molar-refractivity contribution in [2.24, 2.45) is 0 Å². The molecule has 176 valence electrons. The fraction of sp³-hybridized carbons (Fsp3) is 0.231. The van der Waals surface area contributed by atoms with Crippen LogP contribution in [-0.2, 0) is 9.59 Å². The van der Waals surface area contributed by atoms with Crippen LogP contribution >= 0.6 is 11.8 Å². The van der Waals surface area contributed by atoms with Crippen LogP contribution in [0.25, 0.3) is 0 Å². The zero-order valence-electron chi connectivity index (χ0n) is 19.2. The monoisotopic (exact) mass is 478 g/mol. The number of carbonyl (C=O) groups is 2. The highest BCUT2D eigenvalue weighted by Gasteiger charge is 2.30. The van der Waals surface area contributed by atoms with Crippen molar-refractivity contribution in [3.8, 4) is 17.2 Å². The maximum atomic E-state index is 13.4. The Hall–Kier alpha value is -3.65. The van der Waals surface area contributed by atoms with Gasteiger partial charge in [-0.2, -0.15) is 0 Å². The molecule has 0 aliphatic carbocycles. The molecule has 8 heteroatoms. The second-order valence-electron chi connectivity index (χ2n) is 7.65. The number of hydrogen-bond donors (Lipinski definition) is 1. The Labute approximate surface area is 203 Å². The minimum absolute atomic E-state index is 0.0777. The number of fused-ring (bicyclic) bond motifs is 1. The Bertz CT molecular complexity index is 1180. The summed E-state index contributed by atoms with van der Waals surface area (Å²) < 4.78 is 15.9. The van der Waals surface area contributed by atoms with Crippen LogP contribution in [0.3, 0.4) is 0 Å². The van der Waals surface area contributed by atoms with Crippen LogP contribution < -0.4 is 24.4 Å². The van der Waals surface area contributed by atoms with Crippen LogP contribution in [0.2, 0.25) is 0 Å². The maximum absolute atomic E-state index is 13.4. The molecular formula is C26H26N2O5S. The van der Waals surface area contributed by atoms with Crippen molar-refractivity contribution >= 4 is 35.0 Å². The van der Waals surface area contributed by atoms with Crippen LogP contribution in [0, 0.1) is 0 Å². The van der Waals surface area contributed by atoms with Gasteiger partial charge < -0.3 is 24.4 Å². The summed E-state index contributed by atoms with van der Waals surface area (Å²) in [6.07, 6.45) is 0.265. The molecule has 0 spiro atoms. The van der Waals surface area contributed by atoms with E-state index >= 15 is 0 Å². The van der Waals surface area contributed by atoms with Gasteiger partial charge in [-0.05, 0) is 42.0 Å². The molecule has 0 aromatic heterocycles. The van der Waals surface area contributed by atoms with Gasteiger partial charge >= 0.3 is 0 Å². The summed E-state index contributed by atoms with van der Waals surface area (Å²) in [5.74, 6) is 1.41. The zero-order valence-corrected chi connectivity index (χ0v) is 20.1. The molecule has 3 aromatic carbocycles. The number of hydrogen-bond acceptors (Lipinski definition) is 6. The average molecular weight is 479 g/mol. The quantitative estimate of drug-likeness (QED) is 0.519. The van der Waals surface area contributed by atoms with Gasteiger partial charge in [-0.3, -0.25) is 9.59 Å². The van der Waals surface area contributed by atoms with E-state index in [1.54, 1.807) is 49.1 Å². The Morgan fingerprint density at radius 3 is 2.38 bits per heavy atom. The third-order valence-corrected chi connectivity index (χ3v) is 6.88. The van der Waals surface area contributed by atoms with Gasteiger partial charge in [0, 0.05) is 22.6 Å². The predicted molar refractivity (Wildman–Crippen MR) is 133 cm³/mol. The Morgan fingerprint density at radius 2 is 1.68 bits per heavy atom. The number of anilines is 2. The van der Waals surface area contributed by atoms with E-state index in [0.29, 0.717) is 17.2 Å². The molecule has 1 aliphatic heterocycles. The number of para-hydroxylation sites is 1. The fourth-order valence-electron chi connectivity index (χ4n) is 3.80. The van der Waals surface area contributed by atoms with Crippen molar-refractivity contribution < 1.29 is 23.8 Å². The molecule has 2 amide bonds. The standard InChI is InChI=1S/C26H26N2O5S/c1-31-18-10-8-17(9-11-18)24-15-26(30)28(21-6-4-5-7-23(21)34-24)16-25(29)27-20-14-19(32-2)12-13-22(20)33-3/h4-14,24H,15-16H2,1-3H3,(H,27,29). The number of thioether (sulfide) groups is 1. The SMILES string of the molecule is COc1ccc(C2CC(=O)N(CC(=O)Nc3cc(OC)ccc3OC)c3ccccc3S2)cc1. The maximum Gasteiger partial charge on any atom is 0.244 e. The molecular weight excluding hydrogens is 452 g/mol. The number of ether oxygens (including phenoxy) is 3. The number of benzene rings is 3. The summed E-state index contributed by atoms with van der Waals surface area (Å²) in [7, 11) is 4.71. The Kier molecular flexibility index (Phi) is 7.27. The van der Waals surface area contributed by atoms with Crippen molar-refractivity contribution in [1.29, 1.82) is 0 Å². The van der Waals surface area contributed by atoms with E-state index < -0.39 is 0 Å². The average Bonchev–Trinajstić information content (AvgIpc) is 3.00. The van der Waals surface area contributed by atoms with Crippen LogP contribution in [0.15, 0.2) is 71.6 Å². The number of methoxy groups -OCH3 is 3.